The summed E-state index contributed by atoms with van der Waals surface area (Å²) in [5.41, 5.74) is 0. The highest BCUT2D eigenvalue weighted by molar-refractivity contribution is 5.68. The number of carboxylic acid groups (broad SMARTS) is 1. The van der Waals surface area contributed by atoms with Gasteiger partial charge in [0.25, 0.3) is 0 Å². The van der Waals surface area contributed by atoms with E-state index < -0.39 is 12.1 Å². The minimum atomic E-state index is -1.09. The van der Waals surface area contributed by atoms with Gasteiger partial charge in [0.1, 0.15) is 6.29 Å². The third-order valence-corrected chi connectivity index (χ3v) is 0.779. The molecule has 2 N–H and O–H groups in total. The van der Waals surface area contributed by atoms with Crippen LogP contribution in [0, 0.1) is 0 Å². The molecule has 0 radical (unpaired) electrons. The molecule has 4 heteroatoms. The average Bonchev–Trinajstić information content (AvgIpc) is 1.63. The van der Waals surface area contributed by atoms with Crippen molar-refractivity contribution in [2.45, 2.75) is 18.9 Å². The SMILES string of the molecule is O=CC[C@@H](O)CC(=O)O. The Hall–Kier alpha value is -0.900. The highest BCUT2D eigenvalue weighted by Crippen LogP contribution is 1.93. The van der Waals surface area contributed by atoms with Gasteiger partial charge in [0.2, 0.25) is 0 Å². The molecule has 52 valence electrons. The molecule has 9 heavy (non-hydrogen) atoms. The molecule has 0 aliphatic carbocycles. The second-order valence-corrected chi connectivity index (χ2v) is 1.65. The van der Waals surface area contributed by atoms with E-state index in [1.165, 1.54) is 0 Å². The molecule has 0 aliphatic heterocycles. The Morgan fingerprint density at radius 1 is 1.67 bits per heavy atom. The number of rotatable bonds is 4. The van der Waals surface area contributed by atoms with Gasteiger partial charge in [0.15, 0.2) is 0 Å². The first-order chi connectivity index (χ1) is 4.16. The van der Waals surface area contributed by atoms with E-state index in [-0.39, 0.29) is 12.8 Å². The Bertz CT molecular complexity index is 110. The third kappa shape index (κ3) is 4.96. The van der Waals surface area contributed by atoms with Crippen LogP contribution in [-0.2, 0) is 9.59 Å². The van der Waals surface area contributed by atoms with E-state index in [1.54, 1.807) is 0 Å². The van der Waals surface area contributed by atoms with Crippen molar-refractivity contribution in [2.75, 3.05) is 0 Å². The van der Waals surface area contributed by atoms with Crippen molar-refractivity contribution in [3.8, 4) is 0 Å². The van der Waals surface area contributed by atoms with Crippen LogP contribution in [0.2, 0.25) is 0 Å². The van der Waals surface area contributed by atoms with Crippen LogP contribution in [0.3, 0.4) is 0 Å². The Morgan fingerprint density at radius 2 is 2.22 bits per heavy atom. The van der Waals surface area contributed by atoms with Gasteiger partial charge in [0, 0.05) is 6.42 Å². The van der Waals surface area contributed by atoms with Crippen molar-refractivity contribution >= 4 is 12.3 Å². The van der Waals surface area contributed by atoms with Gasteiger partial charge in [-0.15, -0.1) is 0 Å². The maximum absolute atomic E-state index is 9.81. The van der Waals surface area contributed by atoms with E-state index in [0.29, 0.717) is 6.29 Å². The molecule has 0 bridgehead atoms. The normalized spacial score (nSPS) is 12.6. The van der Waals surface area contributed by atoms with E-state index >= 15 is 0 Å². The molecule has 0 unspecified atom stereocenters. The molecule has 0 saturated carbocycles. The zero-order valence-electron chi connectivity index (χ0n) is 4.78. The number of aliphatic hydroxyl groups is 1. The molecule has 0 fully saturated rings. The van der Waals surface area contributed by atoms with E-state index in [4.69, 9.17) is 10.2 Å². The minimum absolute atomic E-state index is 0.105. The topological polar surface area (TPSA) is 74.6 Å². The van der Waals surface area contributed by atoms with Gasteiger partial charge < -0.3 is 15.0 Å². The number of carboxylic acids is 1. The lowest BCUT2D eigenvalue weighted by Gasteiger charge is -1.99. The van der Waals surface area contributed by atoms with Crippen LogP contribution in [0.1, 0.15) is 12.8 Å². The minimum Gasteiger partial charge on any atom is -0.481 e. The predicted molar refractivity (Wildman–Crippen MR) is 28.9 cm³/mol. The maximum Gasteiger partial charge on any atom is 0.305 e. The number of carbonyl (C=O) groups excluding carboxylic acids is 1. The molecule has 0 spiro atoms. The summed E-state index contributed by atoms with van der Waals surface area (Å²) in [6.07, 6.45) is -1.00. The van der Waals surface area contributed by atoms with Crippen molar-refractivity contribution in [1.82, 2.24) is 0 Å². The molecule has 0 rings (SSSR count). The van der Waals surface area contributed by atoms with Gasteiger partial charge in [0.05, 0.1) is 12.5 Å². The van der Waals surface area contributed by atoms with Gasteiger partial charge in [-0.3, -0.25) is 4.79 Å². The number of hydrogen-bond acceptors (Lipinski definition) is 3. The number of aldehydes is 1. The summed E-state index contributed by atoms with van der Waals surface area (Å²) < 4.78 is 0. The van der Waals surface area contributed by atoms with Crippen LogP contribution in [0.4, 0.5) is 0 Å². The first kappa shape index (κ1) is 8.10. The highest BCUT2D eigenvalue weighted by Gasteiger charge is 2.07. The summed E-state index contributed by atoms with van der Waals surface area (Å²) in [5, 5.41) is 16.6. The van der Waals surface area contributed by atoms with Crippen LogP contribution < -0.4 is 0 Å². The number of hydrogen-bond donors (Lipinski definition) is 2. The van der Waals surface area contributed by atoms with E-state index in [9.17, 15) is 9.59 Å². The zero-order valence-corrected chi connectivity index (χ0v) is 4.78. The van der Waals surface area contributed by atoms with Crippen LogP contribution in [0.5, 0.6) is 0 Å². The Kier molecular flexibility index (Phi) is 3.62. The molecule has 4 nitrogen and oxygen atoms in total. The Balaban J connectivity index is 3.37. The summed E-state index contributed by atoms with van der Waals surface area (Å²) in [5.74, 6) is -1.09. The van der Waals surface area contributed by atoms with Crippen LogP contribution >= 0.6 is 0 Å². The van der Waals surface area contributed by atoms with E-state index in [2.05, 4.69) is 0 Å². The van der Waals surface area contributed by atoms with Crippen LogP contribution in [0.15, 0.2) is 0 Å². The molecule has 1 atom stereocenters. The number of aliphatic carboxylic acids is 1. The van der Waals surface area contributed by atoms with Gasteiger partial charge in [-0.05, 0) is 0 Å². The first-order valence-electron chi connectivity index (χ1n) is 2.50. The lowest BCUT2D eigenvalue weighted by atomic mass is 10.2. The first-order valence-corrected chi connectivity index (χ1v) is 2.50. The summed E-state index contributed by atoms with van der Waals surface area (Å²) >= 11 is 0. The van der Waals surface area contributed by atoms with Gasteiger partial charge in [-0.25, -0.2) is 0 Å². The number of carbonyl (C=O) groups is 2. The van der Waals surface area contributed by atoms with Crippen molar-refractivity contribution in [3.63, 3.8) is 0 Å². The van der Waals surface area contributed by atoms with Gasteiger partial charge in [-0.1, -0.05) is 0 Å². The molecule has 0 saturated heterocycles. The molecule has 0 aromatic carbocycles. The summed E-state index contributed by atoms with van der Waals surface area (Å²) in [7, 11) is 0. The second-order valence-electron chi connectivity index (χ2n) is 1.65. The smallest absolute Gasteiger partial charge is 0.305 e. The fourth-order valence-electron chi connectivity index (χ4n) is 0.396. The molecule has 0 heterocycles. The lowest BCUT2D eigenvalue weighted by molar-refractivity contribution is -0.139. The second kappa shape index (κ2) is 4.03. The fourth-order valence-corrected chi connectivity index (χ4v) is 0.396. The summed E-state index contributed by atoms with van der Waals surface area (Å²) in [6.45, 7) is 0. The molecular formula is C5H8O4. The van der Waals surface area contributed by atoms with E-state index in [0.717, 1.165) is 0 Å². The molecular weight excluding hydrogens is 124 g/mol. The van der Waals surface area contributed by atoms with Gasteiger partial charge >= 0.3 is 5.97 Å². The van der Waals surface area contributed by atoms with Crippen LogP contribution in [0.25, 0.3) is 0 Å². The zero-order chi connectivity index (χ0) is 7.28. The number of aliphatic hydroxyl groups excluding tert-OH is 1. The quantitative estimate of drug-likeness (QED) is 0.501. The summed E-state index contributed by atoms with van der Waals surface area (Å²) in [6, 6.07) is 0. The van der Waals surface area contributed by atoms with Crippen LogP contribution in [-0.4, -0.2) is 28.6 Å². The molecule has 0 amide bonds. The maximum atomic E-state index is 9.81. The summed E-state index contributed by atoms with van der Waals surface area (Å²) in [4.78, 5) is 19.5. The average molecular weight is 132 g/mol. The van der Waals surface area contributed by atoms with Crippen molar-refractivity contribution < 1.29 is 19.8 Å². The fraction of sp³-hybridized carbons (Fsp3) is 0.600. The largest absolute Gasteiger partial charge is 0.481 e. The third-order valence-electron chi connectivity index (χ3n) is 0.779. The molecule has 0 aromatic heterocycles. The van der Waals surface area contributed by atoms with Gasteiger partial charge in [-0.2, -0.15) is 0 Å². The lowest BCUT2D eigenvalue weighted by Crippen LogP contribution is -2.12. The van der Waals surface area contributed by atoms with Crippen molar-refractivity contribution in [3.05, 3.63) is 0 Å². The van der Waals surface area contributed by atoms with Crippen molar-refractivity contribution in [2.24, 2.45) is 0 Å². The highest BCUT2D eigenvalue weighted by atomic mass is 16.4. The predicted octanol–water partition coefficient (Wildman–Crippen LogP) is -0.589. The molecule has 0 aliphatic rings. The Labute approximate surface area is 52.1 Å². The van der Waals surface area contributed by atoms with Crippen molar-refractivity contribution in [1.29, 1.82) is 0 Å². The standard InChI is InChI=1S/C5H8O4/c6-2-1-4(7)3-5(8)9/h2,4,7H,1,3H2,(H,8,9)/t4-/m1/s1. The monoisotopic (exact) mass is 132 g/mol. The molecule has 0 aromatic rings. The Morgan fingerprint density at radius 3 is 2.56 bits per heavy atom. The van der Waals surface area contributed by atoms with E-state index in [1.807, 2.05) is 0 Å².